The first-order chi connectivity index (χ1) is 6.65. The molecule has 0 saturated heterocycles. The largest absolute Gasteiger partial charge is 0.380 e. The van der Waals surface area contributed by atoms with Gasteiger partial charge in [0, 0.05) is 12.6 Å². The van der Waals surface area contributed by atoms with Crippen LogP contribution in [0.1, 0.15) is 13.8 Å². The van der Waals surface area contributed by atoms with E-state index in [4.69, 9.17) is 17.3 Å². The molecule has 0 amide bonds. The van der Waals surface area contributed by atoms with Crippen molar-refractivity contribution in [1.82, 2.24) is 0 Å². The number of nitrogens with one attached hydrogen (secondary N) is 1. The summed E-state index contributed by atoms with van der Waals surface area (Å²) in [6, 6.07) is 7.99. The van der Waals surface area contributed by atoms with Gasteiger partial charge in [0.05, 0.1) is 10.7 Å². The van der Waals surface area contributed by atoms with Crippen molar-refractivity contribution in [2.24, 2.45) is 11.7 Å². The van der Waals surface area contributed by atoms with Crippen LogP contribution in [0.25, 0.3) is 0 Å². The van der Waals surface area contributed by atoms with Crippen LogP contribution in [0.15, 0.2) is 24.3 Å². The van der Waals surface area contributed by atoms with Crippen LogP contribution in [0.4, 0.5) is 5.69 Å². The second kappa shape index (κ2) is 5.23. The molecule has 0 spiro atoms. The SMILES string of the molecule is CC(C)C(CN)Nc1ccccc1Cl. The van der Waals surface area contributed by atoms with Gasteiger partial charge in [0.1, 0.15) is 0 Å². The average molecular weight is 213 g/mol. The number of rotatable bonds is 4. The molecule has 1 rings (SSSR count). The number of nitrogens with two attached hydrogens (primary N) is 1. The van der Waals surface area contributed by atoms with Gasteiger partial charge in [-0.05, 0) is 18.1 Å². The molecule has 0 heterocycles. The van der Waals surface area contributed by atoms with Gasteiger partial charge in [0.25, 0.3) is 0 Å². The summed E-state index contributed by atoms with van der Waals surface area (Å²) in [4.78, 5) is 0. The Morgan fingerprint density at radius 3 is 2.50 bits per heavy atom. The minimum atomic E-state index is 0.273. The average Bonchev–Trinajstić information content (AvgIpc) is 2.16. The van der Waals surface area contributed by atoms with Crippen LogP contribution in [0.2, 0.25) is 5.02 Å². The summed E-state index contributed by atoms with van der Waals surface area (Å²) in [6.45, 7) is 4.89. The molecular formula is C11H17ClN2. The van der Waals surface area contributed by atoms with E-state index < -0.39 is 0 Å². The first-order valence-corrected chi connectivity index (χ1v) is 5.24. The van der Waals surface area contributed by atoms with Crippen LogP contribution in [0, 0.1) is 5.92 Å². The summed E-state index contributed by atoms with van der Waals surface area (Å²) in [5.74, 6) is 0.497. The van der Waals surface area contributed by atoms with Crippen LogP contribution >= 0.6 is 11.6 Å². The van der Waals surface area contributed by atoms with E-state index in [9.17, 15) is 0 Å². The topological polar surface area (TPSA) is 38.0 Å². The van der Waals surface area contributed by atoms with E-state index in [1.165, 1.54) is 0 Å². The molecule has 1 atom stereocenters. The smallest absolute Gasteiger partial charge is 0.0637 e. The first kappa shape index (κ1) is 11.3. The van der Waals surface area contributed by atoms with Gasteiger partial charge < -0.3 is 11.1 Å². The maximum atomic E-state index is 6.03. The van der Waals surface area contributed by atoms with Gasteiger partial charge in [-0.3, -0.25) is 0 Å². The van der Waals surface area contributed by atoms with E-state index in [2.05, 4.69) is 19.2 Å². The third kappa shape index (κ3) is 2.89. The highest BCUT2D eigenvalue weighted by Crippen LogP contribution is 2.22. The third-order valence-corrected chi connectivity index (χ3v) is 2.60. The van der Waals surface area contributed by atoms with Crippen molar-refractivity contribution in [3.05, 3.63) is 29.3 Å². The molecule has 0 bridgehead atoms. The van der Waals surface area contributed by atoms with Crippen LogP contribution in [-0.2, 0) is 0 Å². The lowest BCUT2D eigenvalue weighted by Gasteiger charge is -2.22. The first-order valence-electron chi connectivity index (χ1n) is 4.86. The van der Waals surface area contributed by atoms with Crippen molar-refractivity contribution < 1.29 is 0 Å². The Labute approximate surface area is 90.4 Å². The Balaban J connectivity index is 2.72. The fraction of sp³-hybridized carbons (Fsp3) is 0.455. The normalized spacial score (nSPS) is 12.9. The second-order valence-corrected chi connectivity index (χ2v) is 4.12. The molecule has 78 valence electrons. The molecule has 14 heavy (non-hydrogen) atoms. The molecule has 0 aliphatic rings. The molecular weight excluding hydrogens is 196 g/mol. The van der Waals surface area contributed by atoms with E-state index in [0.717, 1.165) is 10.7 Å². The predicted octanol–water partition coefficient (Wildman–Crippen LogP) is 2.74. The summed E-state index contributed by atoms with van der Waals surface area (Å²) in [6.07, 6.45) is 0. The van der Waals surface area contributed by atoms with Gasteiger partial charge in [-0.25, -0.2) is 0 Å². The lowest BCUT2D eigenvalue weighted by molar-refractivity contribution is 0.531. The molecule has 1 aromatic carbocycles. The Kier molecular flexibility index (Phi) is 4.23. The number of benzene rings is 1. The molecule has 1 unspecified atom stereocenters. The predicted molar refractivity (Wildman–Crippen MR) is 62.8 cm³/mol. The summed E-state index contributed by atoms with van der Waals surface area (Å²) >= 11 is 6.03. The zero-order valence-electron chi connectivity index (χ0n) is 8.63. The summed E-state index contributed by atoms with van der Waals surface area (Å²) in [5.41, 5.74) is 6.62. The van der Waals surface area contributed by atoms with Gasteiger partial charge in [0.15, 0.2) is 0 Å². The zero-order chi connectivity index (χ0) is 10.6. The highest BCUT2D eigenvalue weighted by Gasteiger charge is 2.11. The molecule has 2 nitrogen and oxygen atoms in total. The minimum absolute atomic E-state index is 0.273. The molecule has 0 saturated carbocycles. The van der Waals surface area contributed by atoms with Crippen molar-refractivity contribution in [2.75, 3.05) is 11.9 Å². The van der Waals surface area contributed by atoms with Crippen molar-refractivity contribution in [1.29, 1.82) is 0 Å². The number of anilines is 1. The molecule has 0 aromatic heterocycles. The van der Waals surface area contributed by atoms with Crippen molar-refractivity contribution >= 4 is 17.3 Å². The maximum absolute atomic E-state index is 6.03. The van der Waals surface area contributed by atoms with Crippen LogP contribution in [0.3, 0.4) is 0 Å². The van der Waals surface area contributed by atoms with Gasteiger partial charge in [-0.1, -0.05) is 37.6 Å². The van der Waals surface area contributed by atoms with Gasteiger partial charge in [-0.15, -0.1) is 0 Å². The monoisotopic (exact) mass is 212 g/mol. The fourth-order valence-electron chi connectivity index (χ4n) is 1.28. The number of hydrogen-bond acceptors (Lipinski definition) is 2. The van der Waals surface area contributed by atoms with E-state index in [1.807, 2.05) is 24.3 Å². The van der Waals surface area contributed by atoms with Crippen LogP contribution < -0.4 is 11.1 Å². The van der Waals surface area contributed by atoms with Gasteiger partial charge in [-0.2, -0.15) is 0 Å². The zero-order valence-corrected chi connectivity index (χ0v) is 9.38. The molecule has 0 aliphatic heterocycles. The van der Waals surface area contributed by atoms with E-state index in [-0.39, 0.29) is 6.04 Å². The third-order valence-electron chi connectivity index (χ3n) is 2.27. The molecule has 3 heteroatoms. The quantitative estimate of drug-likeness (QED) is 0.806. The van der Waals surface area contributed by atoms with Gasteiger partial charge >= 0.3 is 0 Å². The summed E-state index contributed by atoms with van der Waals surface area (Å²) < 4.78 is 0. The van der Waals surface area contributed by atoms with E-state index >= 15 is 0 Å². The Morgan fingerprint density at radius 2 is 2.00 bits per heavy atom. The maximum Gasteiger partial charge on any atom is 0.0637 e. The lowest BCUT2D eigenvalue weighted by atomic mass is 10.0. The van der Waals surface area contributed by atoms with Crippen molar-refractivity contribution in [3.63, 3.8) is 0 Å². The van der Waals surface area contributed by atoms with Crippen molar-refractivity contribution in [2.45, 2.75) is 19.9 Å². The molecule has 0 radical (unpaired) electrons. The Morgan fingerprint density at radius 1 is 1.36 bits per heavy atom. The van der Waals surface area contributed by atoms with E-state index in [0.29, 0.717) is 12.5 Å². The van der Waals surface area contributed by atoms with Gasteiger partial charge in [0.2, 0.25) is 0 Å². The summed E-state index contributed by atoms with van der Waals surface area (Å²) in [7, 11) is 0. The number of para-hydroxylation sites is 1. The van der Waals surface area contributed by atoms with Crippen LogP contribution in [-0.4, -0.2) is 12.6 Å². The molecule has 3 N–H and O–H groups in total. The standard InChI is InChI=1S/C11H17ClN2/c1-8(2)11(7-13)14-10-6-4-3-5-9(10)12/h3-6,8,11,14H,7,13H2,1-2H3. The number of halogens is 1. The van der Waals surface area contributed by atoms with E-state index in [1.54, 1.807) is 0 Å². The highest BCUT2D eigenvalue weighted by molar-refractivity contribution is 6.33. The minimum Gasteiger partial charge on any atom is -0.380 e. The summed E-state index contributed by atoms with van der Waals surface area (Å²) in [5, 5.41) is 4.08. The molecule has 1 aromatic rings. The second-order valence-electron chi connectivity index (χ2n) is 3.71. The lowest BCUT2D eigenvalue weighted by Crippen LogP contribution is -2.33. The molecule has 0 fully saturated rings. The fourth-order valence-corrected chi connectivity index (χ4v) is 1.47. The molecule has 0 aliphatic carbocycles. The Bertz CT molecular complexity index is 286. The number of hydrogen-bond donors (Lipinski definition) is 2. The highest BCUT2D eigenvalue weighted by atomic mass is 35.5. The van der Waals surface area contributed by atoms with Crippen molar-refractivity contribution in [3.8, 4) is 0 Å². The van der Waals surface area contributed by atoms with Crippen LogP contribution in [0.5, 0.6) is 0 Å². The Hall–Kier alpha value is -0.730.